The minimum atomic E-state index is -0.937. The monoisotopic (exact) mass is 597 g/mol. The zero-order valence-electron chi connectivity index (χ0n) is 26.0. The van der Waals surface area contributed by atoms with E-state index in [0.717, 1.165) is 36.0 Å². The fourth-order valence-electron chi connectivity index (χ4n) is 5.13. The SMILES string of the molecule is C[C@@H](CCCCNC(=O)OC(C)(C)C)c1nnc([C@@H](N)CC(=O)NC(c2ccccc2)(c2ccccc2)c2ccccc2)o1. The molecule has 9 nitrogen and oxygen atoms in total. The Balaban J connectivity index is 1.41. The summed E-state index contributed by atoms with van der Waals surface area (Å²) in [5.74, 6) is 0.446. The first kappa shape index (κ1) is 32.4. The molecule has 0 spiro atoms. The Kier molecular flexibility index (Phi) is 10.9. The van der Waals surface area contributed by atoms with Crippen LogP contribution in [-0.4, -0.2) is 34.3 Å². The van der Waals surface area contributed by atoms with Gasteiger partial charge in [0.05, 0.1) is 12.5 Å². The number of alkyl carbamates (subject to hydrolysis) is 1. The second-order valence-corrected chi connectivity index (χ2v) is 12.0. The van der Waals surface area contributed by atoms with Gasteiger partial charge in [0.2, 0.25) is 17.7 Å². The molecule has 2 atom stereocenters. The number of ether oxygens (including phenoxy) is 1. The van der Waals surface area contributed by atoms with Crippen LogP contribution >= 0.6 is 0 Å². The Labute approximate surface area is 259 Å². The summed E-state index contributed by atoms with van der Waals surface area (Å²) < 4.78 is 11.2. The van der Waals surface area contributed by atoms with Gasteiger partial charge in [-0.2, -0.15) is 0 Å². The first-order chi connectivity index (χ1) is 21.1. The van der Waals surface area contributed by atoms with Gasteiger partial charge in [-0.25, -0.2) is 4.79 Å². The molecule has 0 unspecified atom stereocenters. The van der Waals surface area contributed by atoms with Crippen LogP contribution in [-0.2, 0) is 15.1 Å². The number of nitrogens with one attached hydrogen (secondary N) is 2. The van der Waals surface area contributed by atoms with Crippen molar-refractivity contribution < 1.29 is 18.7 Å². The molecule has 4 rings (SSSR count). The molecule has 1 heterocycles. The fourth-order valence-corrected chi connectivity index (χ4v) is 5.13. The number of nitrogens with two attached hydrogens (primary N) is 1. The minimum absolute atomic E-state index is 0.000643. The lowest BCUT2D eigenvalue weighted by Crippen LogP contribution is -2.48. The van der Waals surface area contributed by atoms with Gasteiger partial charge < -0.3 is 25.5 Å². The third kappa shape index (κ3) is 8.54. The highest BCUT2D eigenvalue weighted by molar-refractivity contribution is 5.79. The van der Waals surface area contributed by atoms with E-state index in [2.05, 4.69) is 20.8 Å². The molecule has 0 radical (unpaired) electrons. The lowest BCUT2D eigenvalue weighted by atomic mass is 9.77. The van der Waals surface area contributed by atoms with Crippen LogP contribution in [0.25, 0.3) is 0 Å². The van der Waals surface area contributed by atoms with E-state index in [4.69, 9.17) is 14.9 Å². The average molecular weight is 598 g/mol. The Hall–Kier alpha value is -4.50. The van der Waals surface area contributed by atoms with Gasteiger partial charge in [0, 0.05) is 12.5 Å². The van der Waals surface area contributed by atoms with Gasteiger partial charge >= 0.3 is 6.09 Å². The third-order valence-corrected chi connectivity index (χ3v) is 7.28. The molecule has 0 fully saturated rings. The van der Waals surface area contributed by atoms with E-state index >= 15 is 0 Å². The van der Waals surface area contributed by atoms with Crippen molar-refractivity contribution in [2.45, 2.75) is 76.5 Å². The van der Waals surface area contributed by atoms with E-state index in [1.807, 2.05) is 119 Å². The van der Waals surface area contributed by atoms with Crippen LogP contribution in [0.1, 0.15) is 93.8 Å². The summed E-state index contributed by atoms with van der Waals surface area (Å²) in [7, 11) is 0. The van der Waals surface area contributed by atoms with Gasteiger partial charge in [-0.3, -0.25) is 4.79 Å². The number of unbranched alkanes of at least 4 members (excludes halogenated alkanes) is 1. The predicted octanol–water partition coefficient (Wildman–Crippen LogP) is 6.37. The normalized spacial score (nSPS) is 13.1. The summed E-state index contributed by atoms with van der Waals surface area (Å²) in [4.78, 5) is 25.5. The quantitative estimate of drug-likeness (QED) is 0.121. The molecule has 0 saturated carbocycles. The highest BCUT2D eigenvalue weighted by Crippen LogP contribution is 2.37. The number of rotatable bonds is 13. The number of carbonyl (C=O) groups excluding carboxylic acids is 2. The van der Waals surface area contributed by atoms with E-state index < -0.39 is 23.3 Å². The summed E-state index contributed by atoms with van der Waals surface area (Å²) >= 11 is 0. The second-order valence-electron chi connectivity index (χ2n) is 12.0. The van der Waals surface area contributed by atoms with E-state index in [1.165, 1.54) is 0 Å². The standard InChI is InChI=1S/C35H43N5O4/c1-25(16-14-15-23-37-33(42)44-34(2,3)4)31-39-40-32(43-31)29(36)24-30(41)38-35(26-17-8-5-9-18-26,27-19-10-6-11-20-27)28-21-12-7-13-22-28/h5-13,17-22,25,29H,14-16,23-24,36H2,1-4H3,(H,37,42)(H,38,41)/t25-,29-/m0/s1. The Morgan fingerprint density at radius 3 is 1.82 bits per heavy atom. The largest absolute Gasteiger partial charge is 0.444 e. The molecule has 44 heavy (non-hydrogen) atoms. The van der Waals surface area contributed by atoms with Crippen LogP contribution < -0.4 is 16.4 Å². The molecule has 0 aliphatic heterocycles. The second kappa shape index (κ2) is 14.8. The Morgan fingerprint density at radius 2 is 1.32 bits per heavy atom. The van der Waals surface area contributed by atoms with Crippen molar-refractivity contribution in [2.24, 2.45) is 5.73 Å². The summed E-state index contributed by atoms with van der Waals surface area (Å²) in [5, 5.41) is 14.5. The van der Waals surface area contributed by atoms with Gasteiger partial charge in [0.25, 0.3) is 0 Å². The Bertz CT molecular complexity index is 1370. The highest BCUT2D eigenvalue weighted by atomic mass is 16.6. The van der Waals surface area contributed by atoms with Gasteiger partial charge in [0.1, 0.15) is 11.1 Å². The summed E-state index contributed by atoms with van der Waals surface area (Å²) in [6.07, 6.45) is 1.97. The molecule has 0 saturated heterocycles. The molecule has 2 amide bonds. The third-order valence-electron chi connectivity index (χ3n) is 7.28. The average Bonchev–Trinajstić information content (AvgIpc) is 3.51. The van der Waals surface area contributed by atoms with Crippen molar-refractivity contribution >= 4 is 12.0 Å². The van der Waals surface area contributed by atoms with Crippen LogP contribution in [0.4, 0.5) is 4.79 Å². The maximum atomic E-state index is 13.7. The molecule has 0 aliphatic rings. The van der Waals surface area contributed by atoms with Crippen LogP contribution in [0.2, 0.25) is 0 Å². The zero-order valence-corrected chi connectivity index (χ0v) is 26.0. The van der Waals surface area contributed by atoms with E-state index in [9.17, 15) is 9.59 Å². The molecule has 4 aromatic rings. The summed E-state index contributed by atoms with van der Waals surface area (Å²) in [5.41, 5.74) is 7.76. The molecule has 0 aliphatic carbocycles. The lowest BCUT2D eigenvalue weighted by Gasteiger charge is -2.37. The topological polar surface area (TPSA) is 132 Å². The number of hydrogen-bond donors (Lipinski definition) is 3. The number of nitrogens with zero attached hydrogens (tertiary/aromatic N) is 2. The first-order valence-electron chi connectivity index (χ1n) is 15.1. The number of amides is 2. The van der Waals surface area contributed by atoms with Crippen molar-refractivity contribution in [2.75, 3.05) is 6.54 Å². The van der Waals surface area contributed by atoms with Crippen molar-refractivity contribution in [3.63, 3.8) is 0 Å². The smallest absolute Gasteiger partial charge is 0.407 e. The lowest BCUT2D eigenvalue weighted by molar-refractivity contribution is -0.122. The van der Waals surface area contributed by atoms with E-state index in [1.54, 1.807) is 0 Å². The molecule has 3 aromatic carbocycles. The van der Waals surface area contributed by atoms with Gasteiger partial charge in [-0.1, -0.05) is 104 Å². The molecule has 4 N–H and O–H groups in total. The van der Waals surface area contributed by atoms with Crippen molar-refractivity contribution in [1.82, 2.24) is 20.8 Å². The number of carbonyl (C=O) groups is 2. The van der Waals surface area contributed by atoms with Crippen LogP contribution in [0.15, 0.2) is 95.4 Å². The number of benzene rings is 3. The number of hydrogen-bond acceptors (Lipinski definition) is 7. The van der Waals surface area contributed by atoms with E-state index in [-0.39, 0.29) is 24.1 Å². The van der Waals surface area contributed by atoms with Crippen LogP contribution in [0.3, 0.4) is 0 Å². The fraction of sp³-hybridized carbons (Fsp3) is 0.371. The highest BCUT2D eigenvalue weighted by Gasteiger charge is 2.38. The molecular weight excluding hydrogens is 554 g/mol. The van der Waals surface area contributed by atoms with E-state index in [0.29, 0.717) is 12.4 Å². The molecule has 0 bridgehead atoms. The van der Waals surface area contributed by atoms with Crippen molar-refractivity contribution in [1.29, 1.82) is 0 Å². The van der Waals surface area contributed by atoms with Crippen LogP contribution in [0.5, 0.6) is 0 Å². The van der Waals surface area contributed by atoms with Gasteiger partial charge in [0.15, 0.2) is 0 Å². The van der Waals surface area contributed by atoms with Gasteiger partial charge in [-0.15, -0.1) is 10.2 Å². The maximum absolute atomic E-state index is 13.7. The first-order valence-corrected chi connectivity index (χ1v) is 15.1. The molecule has 1 aromatic heterocycles. The maximum Gasteiger partial charge on any atom is 0.407 e. The summed E-state index contributed by atoms with van der Waals surface area (Å²) in [6.45, 7) is 8.02. The zero-order chi connectivity index (χ0) is 31.6. The molecule has 232 valence electrons. The van der Waals surface area contributed by atoms with Crippen molar-refractivity contribution in [3.8, 4) is 0 Å². The Morgan fingerprint density at radius 1 is 0.818 bits per heavy atom. The summed E-state index contributed by atoms with van der Waals surface area (Å²) in [6, 6.07) is 29.0. The number of aromatic nitrogens is 2. The van der Waals surface area contributed by atoms with Gasteiger partial charge in [-0.05, 0) is 50.3 Å². The predicted molar refractivity (Wildman–Crippen MR) is 170 cm³/mol. The minimum Gasteiger partial charge on any atom is -0.444 e. The van der Waals surface area contributed by atoms with Crippen molar-refractivity contribution in [3.05, 3.63) is 119 Å². The molecular formula is C35H43N5O4. The molecule has 9 heteroatoms. The van der Waals surface area contributed by atoms with Crippen LogP contribution in [0, 0.1) is 0 Å².